The van der Waals surface area contributed by atoms with Crippen LogP contribution >= 0.6 is 11.8 Å². The molecule has 0 aliphatic heterocycles. The zero-order valence-electron chi connectivity index (χ0n) is 12.6. The van der Waals surface area contributed by atoms with Crippen molar-refractivity contribution in [1.82, 2.24) is 10.3 Å². The van der Waals surface area contributed by atoms with Crippen molar-refractivity contribution in [3.05, 3.63) is 53.2 Å². The molecule has 0 saturated carbocycles. The smallest absolute Gasteiger partial charge is 0.101 e. The second-order valence-corrected chi connectivity index (χ2v) is 6.15. The standard InChI is InChI=1S/C17H22N2S/c1-5-18-14(4)15-7-9-17(19-11-15)20-16-8-6-12(2)13(3)10-16/h6-11,14,18H,5H2,1-4H3. The monoisotopic (exact) mass is 286 g/mol. The second-order valence-electron chi connectivity index (χ2n) is 5.06. The molecule has 0 saturated heterocycles. The van der Waals surface area contributed by atoms with Gasteiger partial charge >= 0.3 is 0 Å². The summed E-state index contributed by atoms with van der Waals surface area (Å²) in [6.07, 6.45) is 1.97. The van der Waals surface area contributed by atoms with Crippen molar-refractivity contribution in [2.75, 3.05) is 6.54 Å². The second kappa shape index (κ2) is 6.91. The average molecular weight is 286 g/mol. The number of nitrogens with zero attached hydrogens (tertiary/aromatic N) is 1. The highest BCUT2D eigenvalue weighted by Crippen LogP contribution is 2.28. The Labute approximate surface area is 126 Å². The van der Waals surface area contributed by atoms with Crippen LogP contribution in [0.15, 0.2) is 46.5 Å². The summed E-state index contributed by atoms with van der Waals surface area (Å²) in [6.45, 7) is 9.54. The Morgan fingerprint density at radius 2 is 1.95 bits per heavy atom. The summed E-state index contributed by atoms with van der Waals surface area (Å²) in [5, 5.41) is 4.44. The first-order valence-corrected chi connectivity index (χ1v) is 7.86. The van der Waals surface area contributed by atoms with Gasteiger partial charge in [-0.1, -0.05) is 30.8 Å². The summed E-state index contributed by atoms with van der Waals surface area (Å²) in [4.78, 5) is 5.80. The molecule has 0 radical (unpaired) electrons. The number of hydrogen-bond donors (Lipinski definition) is 1. The molecule has 2 nitrogen and oxygen atoms in total. The molecule has 2 aromatic rings. The Bertz CT molecular complexity index is 564. The third kappa shape index (κ3) is 3.84. The highest BCUT2D eigenvalue weighted by molar-refractivity contribution is 7.99. The maximum absolute atomic E-state index is 4.55. The topological polar surface area (TPSA) is 24.9 Å². The molecule has 106 valence electrons. The van der Waals surface area contributed by atoms with Gasteiger partial charge in [-0.3, -0.25) is 0 Å². The van der Waals surface area contributed by atoms with Gasteiger partial charge in [0, 0.05) is 17.1 Å². The van der Waals surface area contributed by atoms with Crippen LogP contribution in [0, 0.1) is 13.8 Å². The third-order valence-electron chi connectivity index (χ3n) is 3.47. The van der Waals surface area contributed by atoms with E-state index < -0.39 is 0 Å². The molecule has 0 aliphatic rings. The molecule has 0 amide bonds. The van der Waals surface area contributed by atoms with Crippen LogP contribution in [0.1, 0.15) is 36.6 Å². The Kier molecular flexibility index (Phi) is 5.21. The van der Waals surface area contributed by atoms with Crippen LogP contribution in [-0.2, 0) is 0 Å². The number of nitrogens with one attached hydrogen (secondary N) is 1. The third-order valence-corrected chi connectivity index (χ3v) is 4.41. The zero-order chi connectivity index (χ0) is 14.5. The Morgan fingerprint density at radius 3 is 2.55 bits per heavy atom. The van der Waals surface area contributed by atoms with Crippen LogP contribution in [0.25, 0.3) is 0 Å². The molecular weight excluding hydrogens is 264 g/mol. The normalized spacial score (nSPS) is 12.4. The van der Waals surface area contributed by atoms with Crippen molar-refractivity contribution in [2.24, 2.45) is 0 Å². The number of pyridine rings is 1. The largest absolute Gasteiger partial charge is 0.310 e. The molecule has 1 aromatic heterocycles. The molecule has 0 spiro atoms. The molecule has 1 atom stereocenters. The summed E-state index contributed by atoms with van der Waals surface area (Å²) in [7, 11) is 0. The van der Waals surface area contributed by atoms with E-state index in [1.165, 1.54) is 21.6 Å². The van der Waals surface area contributed by atoms with Crippen LogP contribution in [-0.4, -0.2) is 11.5 Å². The summed E-state index contributed by atoms with van der Waals surface area (Å²) in [5.74, 6) is 0. The van der Waals surface area contributed by atoms with Gasteiger partial charge in [-0.2, -0.15) is 0 Å². The fourth-order valence-electron chi connectivity index (χ4n) is 2.03. The molecule has 1 aromatic carbocycles. The van der Waals surface area contributed by atoms with E-state index >= 15 is 0 Å². The Balaban J connectivity index is 2.08. The van der Waals surface area contributed by atoms with E-state index in [2.05, 4.69) is 68.3 Å². The van der Waals surface area contributed by atoms with Crippen LogP contribution < -0.4 is 5.32 Å². The molecular formula is C17H22N2S. The van der Waals surface area contributed by atoms with Gasteiger partial charge in [0.05, 0.1) is 0 Å². The van der Waals surface area contributed by atoms with Crippen LogP contribution in [0.2, 0.25) is 0 Å². The molecule has 1 unspecified atom stereocenters. The fraction of sp³-hybridized carbons (Fsp3) is 0.353. The maximum Gasteiger partial charge on any atom is 0.101 e. The predicted molar refractivity (Wildman–Crippen MR) is 86.4 cm³/mol. The minimum atomic E-state index is 0.355. The number of aryl methyl sites for hydroxylation is 2. The maximum atomic E-state index is 4.55. The SMILES string of the molecule is CCNC(C)c1ccc(Sc2ccc(C)c(C)c2)nc1. The summed E-state index contributed by atoms with van der Waals surface area (Å²) in [5.41, 5.74) is 3.89. The van der Waals surface area contributed by atoms with Gasteiger partial charge in [-0.15, -0.1) is 0 Å². The van der Waals surface area contributed by atoms with Gasteiger partial charge in [-0.25, -0.2) is 4.98 Å². The molecule has 1 N–H and O–H groups in total. The van der Waals surface area contributed by atoms with E-state index in [1.54, 1.807) is 11.8 Å². The van der Waals surface area contributed by atoms with Crippen molar-refractivity contribution in [1.29, 1.82) is 0 Å². The molecule has 2 rings (SSSR count). The summed E-state index contributed by atoms with van der Waals surface area (Å²) in [6, 6.07) is 11.2. The van der Waals surface area contributed by atoms with E-state index in [0.29, 0.717) is 6.04 Å². The zero-order valence-corrected chi connectivity index (χ0v) is 13.4. The van der Waals surface area contributed by atoms with Gasteiger partial charge in [0.15, 0.2) is 0 Å². The highest BCUT2D eigenvalue weighted by atomic mass is 32.2. The van der Waals surface area contributed by atoms with Crippen LogP contribution in [0.3, 0.4) is 0 Å². The Hall–Kier alpha value is -1.32. The van der Waals surface area contributed by atoms with E-state index in [1.807, 2.05) is 6.20 Å². The molecule has 0 aliphatic carbocycles. The number of rotatable bonds is 5. The first-order valence-electron chi connectivity index (χ1n) is 7.04. The number of benzene rings is 1. The first-order chi connectivity index (χ1) is 9.60. The number of hydrogen-bond acceptors (Lipinski definition) is 3. The number of aromatic nitrogens is 1. The summed E-state index contributed by atoms with van der Waals surface area (Å²) >= 11 is 1.71. The minimum absolute atomic E-state index is 0.355. The van der Waals surface area contributed by atoms with Gasteiger partial charge in [0.2, 0.25) is 0 Å². The van der Waals surface area contributed by atoms with E-state index in [0.717, 1.165) is 11.6 Å². The molecule has 0 fully saturated rings. The minimum Gasteiger partial charge on any atom is -0.310 e. The van der Waals surface area contributed by atoms with Crippen molar-refractivity contribution in [3.63, 3.8) is 0 Å². The molecule has 1 heterocycles. The summed E-state index contributed by atoms with van der Waals surface area (Å²) < 4.78 is 0. The van der Waals surface area contributed by atoms with Crippen molar-refractivity contribution >= 4 is 11.8 Å². The van der Waals surface area contributed by atoms with Crippen LogP contribution in [0.5, 0.6) is 0 Å². The van der Waals surface area contributed by atoms with Gasteiger partial charge in [-0.05, 0) is 62.2 Å². The fourth-order valence-corrected chi connectivity index (χ4v) is 2.89. The van der Waals surface area contributed by atoms with E-state index in [-0.39, 0.29) is 0 Å². The molecule has 0 bridgehead atoms. The van der Waals surface area contributed by atoms with Crippen molar-refractivity contribution in [2.45, 2.75) is 43.7 Å². The lowest BCUT2D eigenvalue weighted by Gasteiger charge is -2.12. The van der Waals surface area contributed by atoms with Crippen LogP contribution in [0.4, 0.5) is 0 Å². The lowest BCUT2D eigenvalue weighted by atomic mass is 10.1. The van der Waals surface area contributed by atoms with Crippen molar-refractivity contribution < 1.29 is 0 Å². The first kappa shape index (κ1) is 15.1. The van der Waals surface area contributed by atoms with Gasteiger partial charge in [0.1, 0.15) is 5.03 Å². The van der Waals surface area contributed by atoms with Crippen molar-refractivity contribution in [3.8, 4) is 0 Å². The average Bonchev–Trinajstić information content (AvgIpc) is 2.44. The lowest BCUT2D eigenvalue weighted by molar-refractivity contribution is 0.595. The lowest BCUT2D eigenvalue weighted by Crippen LogP contribution is -2.17. The van der Waals surface area contributed by atoms with Gasteiger partial charge in [0.25, 0.3) is 0 Å². The highest BCUT2D eigenvalue weighted by Gasteiger charge is 2.05. The van der Waals surface area contributed by atoms with E-state index in [4.69, 9.17) is 0 Å². The Morgan fingerprint density at radius 1 is 1.15 bits per heavy atom. The molecule has 3 heteroatoms. The quantitative estimate of drug-likeness (QED) is 0.874. The van der Waals surface area contributed by atoms with Gasteiger partial charge < -0.3 is 5.32 Å². The van der Waals surface area contributed by atoms with E-state index in [9.17, 15) is 0 Å². The molecule has 20 heavy (non-hydrogen) atoms. The predicted octanol–water partition coefficient (Wildman–Crippen LogP) is 4.52.